The molecule has 5 nitrogen and oxygen atoms in total. The number of ether oxygens (including phenoxy) is 1. The molecule has 0 aliphatic carbocycles. The normalized spacial score (nSPS) is 29.0. The molecule has 1 aromatic carbocycles. The minimum absolute atomic E-state index is 0.178. The van der Waals surface area contributed by atoms with Gasteiger partial charge in [0, 0.05) is 29.1 Å². The van der Waals surface area contributed by atoms with Gasteiger partial charge in [-0.3, -0.25) is 0 Å². The van der Waals surface area contributed by atoms with Gasteiger partial charge in [-0.25, -0.2) is 0 Å². The Labute approximate surface area is 182 Å². The summed E-state index contributed by atoms with van der Waals surface area (Å²) in [7, 11) is 3.81. The number of aryl methyl sites for hydroxylation is 1. The van der Waals surface area contributed by atoms with Crippen molar-refractivity contribution >= 4 is 21.6 Å². The molecule has 4 rings (SSSR count). The maximum atomic E-state index is 12.5. The fraction of sp³-hybridized carbons (Fsp3) is 0.727. The van der Waals surface area contributed by atoms with Crippen LogP contribution in [0.3, 0.4) is 0 Å². The average Bonchev–Trinajstić information content (AvgIpc) is 2.85. The molecule has 0 aromatic heterocycles. The predicted molar refractivity (Wildman–Crippen MR) is 119 cm³/mol. The van der Waals surface area contributed by atoms with E-state index in [1.807, 2.05) is 49.3 Å². The Morgan fingerprint density at radius 2 is 1.90 bits per heavy atom. The summed E-state index contributed by atoms with van der Waals surface area (Å²) in [6, 6.07) is 4.49. The van der Waals surface area contributed by atoms with Gasteiger partial charge in [-0.1, -0.05) is 27.7 Å². The van der Waals surface area contributed by atoms with Gasteiger partial charge in [0.15, 0.2) is 0 Å². The third-order valence-electron chi connectivity index (χ3n) is 6.86. The summed E-state index contributed by atoms with van der Waals surface area (Å²) >= 11 is 0. The van der Waals surface area contributed by atoms with Gasteiger partial charge in [0.2, 0.25) is 0 Å². The monoisotopic (exact) mass is 437 g/mol. The van der Waals surface area contributed by atoms with Crippen molar-refractivity contribution in [3.8, 4) is 5.75 Å². The SMILES string of the molecule is CC1(C)CC(CNCC(O)C2CCc3cc4c(cc3O2)CSSC4)C(C)(C)N1[O]. The lowest BCUT2D eigenvalue weighted by molar-refractivity contribution is -0.248. The highest BCUT2D eigenvalue weighted by Gasteiger charge is 2.51. The first-order valence-electron chi connectivity index (χ1n) is 10.6. The van der Waals surface area contributed by atoms with Gasteiger partial charge in [-0.15, -0.1) is 10.3 Å². The smallest absolute Gasteiger partial charge is 0.126 e. The van der Waals surface area contributed by atoms with Crippen LogP contribution in [-0.2, 0) is 23.1 Å². The molecule has 3 aliphatic heterocycles. The van der Waals surface area contributed by atoms with Crippen molar-refractivity contribution in [3.05, 3.63) is 28.8 Å². The second kappa shape index (κ2) is 8.24. The van der Waals surface area contributed by atoms with Gasteiger partial charge >= 0.3 is 0 Å². The molecule has 2 N–H and O–H groups in total. The largest absolute Gasteiger partial charge is 0.487 e. The molecule has 7 heteroatoms. The summed E-state index contributed by atoms with van der Waals surface area (Å²) in [5, 5.41) is 27.9. The van der Waals surface area contributed by atoms with Gasteiger partial charge < -0.3 is 15.2 Å². The summed E-state index contributed by atoms with van der Waals surface area (Å²) in [5.74, 6) is 3.30. The number of benzene rings is 1. The van der Waals surface area contributed by atoms with Crippen LogP contribution in [0.1, 0.15) is 57.2 Å². The maximum absolute atomic E-state index is 12.5. The van der Waals surface area contributed by atoms with Crippen LogP contribution in [0.15, 0.2) is 12.1 Å². The van der Waals surface area contributed by atoms with Crippen LogP contribution in [0, 0.1) is 5.92 Å². The van der Waals surface area contributed by atoms with Crippen LogP contribution in [0.5, 0.6) is 5.75 Å². The van der Waals surface area contributed by atoms with Crippen molar-refractivity contribution < 1.29 is 15.1 Å². The van der Waals surface area contributed by atoms with Crippen molar-refractivity contribution in [2.24, 2.45) is 5.92 Å². The number of fused-ring (bicyclic) bond motifs is 2. The third kappa shape index (κ3) is 4.32. The molecule has 3 atom stereocenters. The molecule has 3 unspecified atom stereocenters. The third-order valence-corrected chi connectivity index (χ3v) is 9.09. The number of nitrogens with zero attached hydrogens (tertiary/aromatic N) is 1. The molecule has 0 spiro atoms. The molecule has 0 saturated carbocycles. The zero-order valence-electron chi connectivity index (χ0n) is 17.9. The van der Waals surface area contributed by atoms with Gasteiger partial charge in [-0.05, 0) is 82.2 Å². The van der Waals surface area contributed by atoms with Gasteiger partial charge in [-0.2, -0.15) is 0 Å². The summed E-state index contributed by atoms with van der Waals surface area (Å²) in [5.41, 5.74) is 3.36. The molecule has 0 amide bonds. The molecule has 1 fully saturated rings. The number of aliphatic hydroxyl groups excluding tert-OH is 1. The zero-order valence-corrected chi connectivity index (χ0v) is 19.5. The highest BCUT2D eigenvalue weighted by atomic mass is 33.1. The van der Waals surface area contributed by atoms with E-state index >= 15 is 0 Å². The number of hydrogen-bond acceptors (Lipinski definition) is 6. The van der Waals surface area contributed by atoms with E-state index in [-0.39, 0.29) is 17.6 Å². The lowest BCUT2D eigenvalue weighted by Gasteiger charge is -2.34. The minimum atomic E-state index is -0.551. The van der Waals surface area contributed by atoms with Crippen molar-refractivity contribution in [2.75, 3.05) is 13.1 Å². The molecule has 1 aromatic rings. The molecule has 29 heavy (non-hydrogen) atoms. The average molecular weight is 438 g/mol. The van der Waals surface area contributed by atoms with Crippen LogP contribution < -0.4 is 10.1 Å². The number of hydrogen-bond donors (Lipinski definition) is 2. The molecule has 3 aliphatic rings. The van der Waals surface area contributed by atoms with Crippen LogP contribution in [0.25, 0.3) is 0 Å². The Bertz CT molecular complexity index is 756. The lowest BCUT2D eigenvalue weighted by Crippen LogP contribution is -2.48. The van der Waals surface area contributed by atoms with Gasteiger partial charge in [0.25, 0.3) is 0 Å². The first-order valence-corrected chi connectivity index (χ1v) is 13.1. The molecule has 3 heterocycles. The predicted octanol–water partition coefficient (Wildman–Crippen LogP) is 3.95. The van der Waals surface area contributed by atoms with Crippen LogP contribution in [0.2, 0.25) is 0 Å². The minimum Gasteiger partial charge on any atom is -0.487 e. The Balaban J connectivity index is 1.32. The van der Waals surface area contributed by atoms with E-state index in [0.717, 1.165) is 43.1 Å². The standard InChI is InChI=1S/C22H33N2O3S2/c1-21(2)9-17(22(3,4)24(21)26)10-23-11-18(25)19-6-5-14-7-15-12-28-29-13-16(15)8-20(14)27-19/h7-8,17-19,23,25H,5-6,9-13H2,1-4H3. The summed E-state index contributed by atoms with van der Waals surface area (Å²) in [6.07, 6.45) is 1.93. The highest BCUT2D eigenvalue weighted by molar-refractivity contribution is 8.76. The first kappa shape index (κ1) is 21.8. The van der Waals surface area contributed by atoms with E-state index < -0.39 is 11.6 Å². The zero-order chi connectivity index (χ0) is 20.8. The van der Waals surface area contributed by atoms with Crippen LogP contribution >= 0.6 is 21.6 Å². The fourth-order valence-electron chi connectivity index (χ4n) is 5.03. The van der Waals surface area contributed by atoms with Crippen molar-refractivity contribution in [2.45, 2.75) is 81.7 Å². The molecule has 161 valence electrons. The van der Waals surface area contributed by atoms with E-state index in [1.54, 1.807) is 0 Å². The summed E-state index contributed by atoms with van der Waals surface area (Å²) in [6.45, 7) is 9.30. The molecule has 0 bridgehead atoms. The van der Waals surface area contributed by atoms with Crippen LogP contribution in [0.4, 0.5) is 0 Å². The molecular weight excluding hydrogens is 404 g/mol. The van der Waals surface area contributed by atoms with Gasteiger partial charge in [0.1, 0.15) is 18.0 Å². The van der Waals surface area contributed by atoms with E-state index in [9.17, 15) is 10.3 Å². The van der Waals surface area contributed by atoms with E-state index in [2.05, 4.69) is 17.4 Å². The van der Waals surface area contributed by atoms with E-state index in [4.69, 9.17) is 4.74 Å². The molecule has 1 saturated heterocycles. The van der Waals surface area contributed by atoms with Crippen molar-refractivity contribution in [1.82, 2.24) is 10.4 Å². The second-order valence-electron chi connectivity index (χ2n) is 9.84. The molecule has 1 radical (unpaired) electrons. The number of rotatable bonds is 5. The summed E-state index contributed by atoms with van der Waals surface area (Å²) in [4.78, 5) is 0. The van der Waals surface area contributed by atoms with Gasteiger partial charge in [0.05, 0.1) is 0 Å². The fourth-order valence-corrected chi connectivity index (χ4v) is 7.25. The topological polar surface area (TPSA) is 64.6 Å². The Morgan fingerprint density at radius 1 is 1.21 bits per heavy atom. The Kier molecular flexibility index (Phi) is 6.19. The van der Waals surface area contributed by atoms with Crippen LogP contribution in [-0.4, -0.2) is 46.5 Å². The quantitative estimate of drug-likeness (QED) is 0.680. The first-order chi connectivity index (χ1) is 13.7. The number of hydroxylamine groups is 2. The summed E-state index contributed by atoms with van der Waals surface area (Å²) < 4.78 is 6.21. The van der Waals surface area contributed by atoms with E-state index in [1.165, 1.54) is 21.8 Å². The lowest BCUT2D eigenvalue weighted by atomic mass is 9.87. The van der Waals surface area contributed by atoms with E-state index in [0.29, 0.717) is 6.54 Å². The number of nitrogens with one attached hydrogen (secondary N) is 1. The van der Waals surface area contributed by atoms with Crippen molar-refractivity contribution in [1.29, 1.82) is 0 Å². The Hall–Kier alpha value is -0.440. The number of aliphatic hydroxyl groups is 1. The second-order valence-corrected chi connectivity index (χ2v) is 12.3. The maximum Gasteiger partial charge on any atom is 0.126 e. The Morgan fingerprint density at radius 3 is 2.55 bits per heavy atom. The van der Waals surface area contributed by atoms with Crippen molar-refractivity contribution in [3.63, 3.8) is 0 Å². The molecular formula is C22H33N2O3S2. The highest BCUT2D eigenvalue weighted by Crippen LogP contribution is 2.43.